The standard InChI is InChI=1S/C23H29N3O3/c1-25(23(27)29-22-6-2-3-11-24-22)16-19-14-21(15-19)28-20-9-7-18(8-10-20)17-26-12-4-5-13-26/h2-3,6-11,19,21H,4-5,12-17H2,1H3. The van der Waals surface area contributed by atoms with E-state index in [-0.39, 0.29) is 12.2 Å². The molecule has 4 rings (SSSR count). The second-order valence-electron chi connectivity index (χ2n) is 8.12. The van der Waals surface area contributed by atoms with Crippen LogP contribution in [0.15, 0.2) is 48.7 Å². The van der Waals surface area contributed by atoms with Gasteiger partial charge in [0.25, 0.3) is 0 Å². The van der Waals surface area contributed by atoms with Crippen LogP contribution in [0.1, 0.15) is 31.2 Å². The van der Waals surface area contributed by atoms with Crippen molar-refractivity contribution in [2.75, 3.05) is 26.7 Å². The Morgan fingerprint density at radius 1 is 1.14 bits per heavy atom. The summed E-state index contributed by atoms with van der Waals surface area (Å²) in [6.45, 7) is 4.13. The van der Waals surface area contributed by atoms with Crippen molar-refractivity contribution in [3.05, 3.63) is 54.2 Å². The van der Waals surface area contributed by atoms with Gasteiger partial charge in [-0.25, -0.2) is 9.78 Å². The fraction of sp³-hybridized carbons (Fsp3) is 0.478. The lowest BCUT2D eigenvalue weighted by Crippen LogP contribution is -2.42. The van der Waals surface area contributed by atoms with Crippen molar-refractivity contribution in [1.82, 2.24) is 14.8 Å². The Labute approximate surface area is 172 Å². The number of likely N-dealkylation sites (tertiary alicyclic amines) is 1. The molecule has 1 aliphatic heterocycles. The van der Waals surface area contributed by atoms with E-state index in [9.17, 15) is 4.79 Å². The Morgan fingerprint density at radius 2 is 1.90 bits per heavy atom. The van der Waals surface area contributed by atoms with Crippen LogP contribution in [0.25, 0.3) is 0 Å². The molecule has 2 heterocycles. The Kier molecular flexibility index (Phi) is 6.30. The molecule has 0 bridgehead atoms. The summed E-state index contributed by atoms with van der Waals surface area (Å²) in [5.74, 6) is 1.70. The molecule has 2 fully saturated rings. The molecule has 0 atom stereocenters. The van der Waals surface area contributed by atoms with Gasteiger partial charge in [0.05, 0.1) is 6.10 Å². The van der Waals surface area contributed by atoms with Crippen molar-refractivity contribution in [3.8, 4) is 11.6 Å². The molecule has 154 valence electrons. The number of aromatic nitrogens is 1. The SMILES string of the molecule is CN(CC1CC(Oc2ccc(CN3CCCC3)cc2)C1)C(=O)Oc1ccccn1. The number of rotatable bonds is 7. The smallest absolute Gasteiger partial charge is 0.416 e. The van der Waals surface area contributed by atoms with Gasteiger partial charge in [-0.15, -0.1) is 0 Å². The van der Waals surface area contributed by atoms with Gasteiger partial charge in [-0.2, -0.15) is 0 Å². The van der Waals surface area contributed by atoms with Gasteiger partial charge in [0, 0.05) is 32.4 Å². The first-order valence-corrected chi connectivity index (χ1v) is 10.5. The topological polar surface area (TPSA) is 54.9 Å². The molecule has 1 saturated heterocycles. The van der Waals surface area contributed by atoms with Gasteiger partial charge in [0.2, 0.25) is 5.88 Å². The van der Waals surface area contributed by atoms with E-state index in [0.717, 1.165) is 25.1 Å². The zero-order valence-electron chi connectivity index (χ0n) is 17.0. The fourth-order valence-electron chi connectivity index (χ4n) is 4.02. The molecule has 2 aromatic rings. The van der Waals surface area contributed by atoms with Crippen LogP contribution in [-0.2, 0) is 6.54 Å². The molecular weight excluding hydrogens is 366 g/mol. The Hall–Kier alpha value is -2.60. The molecule has 6 heteroatoms. The maximum Gasteiger partial charge on any atom is 0.416 e. The zero-order chi connectivity index (χ0) is 20.1. The van der Waals surface area contributed by atoms with Gasteiger partial charge >= 0.3 is 6.09 Å². The van der Waals surface area contributed by atoms with Crippen molar-refractivity contribution >= 4 is 6.09 Å². The minimum atomic E-state index is -0.373. The first-order valence-electron chi connectivity index (χ1n) is 10.5. The number of benzene rings is 1. The van der Waals surface area contributed by atoms with Crippen molar-refractivity contribution in [2.45, 2.75) is 38.3 Å². The Morgan fingerprint density at radius 3 is 2.59 bits per heavy atom. The van der Waals surface area contributed by atoms with Gasteiger partial charge in [0.15, 0.2) is 0 Å². The van der Waals surface area contributed by atoms with E-state index in [4.69, 9.17) is 9.47 Å². The van der Waals surface area contributed by atoms with E-state index in [1.807, 2.05) is 0 Å². The molecular formula is C23H29N3O3. The highest BCUT2D eigenvalue weighted by atomic mass is 16.6. The summed E-state index contributed by atoms with van der Waals surface area (Å²) in [6.07, 6.45) is 6.01. The molecule has 1 saturated carbocycles. The van der Waals surface area contributed by atoms with Crippen molar-refractivity contribution in [3.63, 3.8) is 0 Å². The van der Waals surface area contributed by atoms with Crippen LogP contribution in [-0.4, -0.2) is 53.7 Å². The molecule has 1 aromatic heterocycles. The van der Waals surface area contributed by atoms with E-state index in [2.05, 4.69) is 34.1 Å². The quantitative estimate of drug-likeness (QED) is 0.710. The van der Waals surface area contributed by atoms with Gasteiger partial charge in [-0.05, 0) is 68.5 Å². The van der Waals surface area contributed by atoms with Gasteiger partial charge < -0.3 is 14.4 Å². The van der Waals surface area contributed by atoms with Crippen molar-refractivity contribution < 1.29 is 14.3 Å². The normalized spacial score (nSPS) is 21.4. The lowest BCUT2D eigenvalue weighted by Gasteiger charge is -2.37. The lowest BCUT2D eigenvalue weighted by atomic mass is 9.82. The second-order valence-corrected chi connectivity index (χ2v) is 8.12. The third kappa shape index (κ3) is 5.48. The zero-order valence-corrected chi connectivity index (χ0v) is 17.0. The average Bonchev–Trinajstić information content (AvgIpc) is 3.21. The van der Waals surface area contributed by atoms with Crippen molar-refractivity contribution in [1.29, 1.82) is 0 Å². The molecule has 0 unspecified atom stereocenters. The maximum absolute atomic E-state index is 12.1. The summed E-state index contributed by atoms with van der Waals surface area (Å²) in [5, 5.41) is 0. The van der Waals surface area contributed by atoms with Gasteiger partial charge in [-0.3, -0.25) is 4.90 Å². The molecule has 0 N–H and O–H groups in total. The second kappa shape index (κ2) is 9.27. The van der Waals surface area contributed by atoms with E-state index in [1.165, 1.54) is 31.5 Å². The van der Waals surface area contributed by atoms with Crippen LogP contribution in [0, 0.1) is 5.92 Å². The van der Waals surface area contributed by atoms with Crippen LogP contribution < -0.4 is 9.47 Å². The molecule has 1 aliphatic carbocycles. The first-order chi connectivity index (χ1) is 14.2. The minimum Gasteiger partial charge on any atom is -0.490 e. The largest absolute Gasteiger partial charge is 0.490 e. The number of pyridine rings is 1. The highest BCUT2D eigenvalue weighted by Gasteiger charge is 2.32. The van der Waals surface area contributed by atoms with E-state index in [0.29, 0.717) is 18.3 Å². The summed E-state index contributed by atoms with van der Waals surface area (Å²) >= 11 is 0. The van der Waals surface area contributed by atoms with Crippen LogP contribution in [0.2, 0.25) is 0 Å². The monoisotopic (exact) mass is 395 g/mol. The van der Waals surface area contributed by atoms with Crippen LogP contribution in [0.4, 0.5) is 4.79 Å². The molecule has 1 aromatic carbocycles. The molecule has 29 heavy (non-hydrogen) atoms. The number of hydrogen-bond acceptors (Lipinski definition) is 5. The number of hydrogen-bond donors (Lipinski definition) is 0. The van der Waals surface area contributed by atoms with Crippen LogP contribution in [0.5, 0.6) is 11.6 Å². The molecule has 2 aliphatic rings. The first kappa shape index (κ1) is 19.7. The van der Waals surface area contributed by atoms with Crippen LogP contribution in [0.3, 0.4) is 0 Å². The Bertz CT molecular complexity index is 785. The lowest BCUT2D eigenvalue weighted by molar-refractivity contribution is 0.0482. The third-order valence-corrected chi connectivity index (χ3v) is 5.70. The third-order valence-electron chi connectivity index (χ3n) is 5.70. The van der Waals surface area contributed by atoms with Crippen molar-refractivity contribution in [2.24, 2.45) is 5.92 Å². The molecule has 6 nitrogen and oxygen atoms in total. The summed E-state index contributed by atoms with van der Waals surface area (Å²) in [4.78, 5) is 20.3. The number of amides is 1. The maximum atomic E-state index is 12.1. The highest BCUT2D eigenvalue weighted by Crippen LogP contribution is 2.32. The molecule has 0 spiro atoms. The summed E-state index contributed by atoms with van der Waals surface area (Å²) in [5.41, 5.74) is 1.35. The minimum absolute atomic E-state index is 0.227. The fourth-order valence-corrected chi connectivity index (χ4v) is 4.02. The predicted molar refractivity (Wildman–Crippen MR) is 111 cm³/mol. The van der Waals surface area contributed by atoms with E-state index in [1.54, 1.807) is 36.3 Å². The van der Waals surface area contributed by atoms with E-state index < -0.39 is 0 Å². The summed E-state index contributed by atoms with van der Waals surface area (Å²) < 4.78 is 11.4. The number of ether oxygens (including phenoxy) is 2. The number of carbonyl (C=O) groups excluding carboxylic acids is 1. The van der Waals surface area contributed by atoms with Crippen LogP contribution >= 0.6 is 0 Å². The highest BCUT2D eigenvalue weighted by molar-refractivity contribution is 5.69. The van der Waals surface area contributed by atoms with Gasteiger partial charge in [-0.1, -0.05) is 18.2 Å². The average molecular weight is 396 g/mol. The molecule has 1 amide bonds. The predicted octanol–water partition coefficient (Wildman–Crippen LogP) is 3.97. The van der Waals surface area contributed by atoms with E-state index >= 15 is 0 Å². The summed E-state index contributed by atoms with van der Waals surface area (Å²) in [6, 6.07) is 13.8. The molecule has 0 radical (unpaired) electrons. The summed E-state index contributed by atoms with van der Waals surface area (Å²) in [7, 11) is 1.76. The van der Waals surface area contributed by atoms with Gasteiger partial charge in [0.1, 0.15) is 5.75 Å². The number of nitrogens with zero attached hydrogens (tertiary/aromatic N) is 3. The number of carbonyl (C=O) groups is 1. The Balaban J connectivity index is 1.16.